The number of amides is 1. The monoisotopic (exact) mass is 274 g/mol. The summed E-state index contributed by atoms with van der Waals surface area (Å²) in [5.74, 6) is 2.50. The van der Waals surface area contributed by atoms with Crippen LogP contribution in [0.15, 0.2) is 18.3 Å². The standard InChI is InChI=1S/C16H22N2O2/c1-2-20-16-13(4-3-7-17-16)10-18-15(19)14-9-11-5-6-12(14)8-11/h3-4,7,11-12,14H,2,5-6,8-10H2,1H3,(H,18,19). The number of rotatable bonds is 5. The number of nitrogens with one attached hydrogen (secondary N) is 1. The first-order chi connectivity index (χ1) is 9.78. The van der Waals surface area contributed by atoms with Gasteiger partial charge in [0.15, 0.2) is 0 Å². The number of pyridine rings is 1. The van der Waals surface area contributed by atoms with E-state index >= 15 is 0 Å². The van der Waals surface area contributed by atoms with E-state index in [9.17, 15) is 4.79 Å². The van der Waals surface area contributed by atoms with E-state index in [4.69, 9.17) is 4.74 Å². The SMILES string of the molecule is CCOc1ncccc1CNC(=O)C1CC2CCC1C2. The van der Waals surface area contributed by atoms with E-state index in [0.29, 0.717) is 24.9 Å². The normalized spacial score (nSPS) is 27.6. The third kappa shape index (κ3) is 2.65. The number of carbonyl (C=O) groups excluding carboxylic acids is 1. The minimum absolute atomic E-state index is 0.212. The fourth-order valence-electron chi connectivity index (χ4n) is 3.70. The molecule has 1 N–H and O–H groups in total. The van der Waals surface area contributed by atoms with Crippen LogP contribution in [0.5, 0.6) is 5.88 Å². The second kappa shape index (κ2) is 5.81. The average molecular weight is 274 g/mol. The predicted octanol–water partition coefficient (Wildman–Crippen LogP) is 2.53. The molecule has 20 heavy (non-hydrogen) atoms. The van der Waals surface area contributed by atoms with Crippen molar-refractivity contribution in [2.75, 3.05) is 6.61 Å². The summed E-state index contributed by atoms with van der Waals surface area (Å²) in [5, 5.41) is 3.07. The first kappa shape index (κ1) is 13.4. The molecule has 0 spiro atoms. The van der Waals surface area contributed by atoms with E-state index in [1.54, 1.807) is 6.20 Å². The molecule has 0 radical (unpaired) electrons. The second-order valence-electron chi connectivity index (χ2n) is 5.90. The Morgan fingerprint density at radius 1 is 1.45 bits per heavy atom. The highest BCUT2D eigenvalue weighted by Gasteiger charge is 2.42. The van der Waals surface area contributed by atoms with Crippen molar-refractivity contribution in [3.8, 4) is 5.88 Å². The van der Waals surface area contributed by atoms with Crippen LogP contribution >= 0.6 is 0 Å². The van der Waals surface area contributed by atoms with Crippen LogP contribution in [0.4, 0.5) is 0 Å². The molecule has 1 heterocycles. The third-order valence-electron chi connectivity index (χ3n) is 4.66. The molecular weight excluding hydrogens is 252 g/mol. The van der Waals surface area contributed by atoms with E-state index < -0.39 is 0 Å². The molecular formula is C16H22N2O2. The Morgan fingerprint density at radius 3 is 3.05 bits per heavy atom. The molecule has 2 fully saturated rings. The highest BCUT2D eigenvalue weighted by molar-refractivity contribution is 5.79. The van der Waals surface area contributed by atoms with E-state index in [-0.39, 0.29) is 11.8 Å². The Bertz CT molecular complexity index is 489. The first-order valence-corrected chi connectivity index (χ1v) is 7.62. The number of hydrogen-bond donors (Lipinski definition) is 1. The molecule has 108 valence electrons. The summed E-state index contributed by atoms with van der Waals surface area (Å²) in [6, 6.07) is 3.83. The zero-order valence-corrected chi connectivity index (χ0v) is 12.0. The van der Waals surface area contributed by atoms with Crippen LogP contribution < -0.4 is 10.1 Å². The fraction of sp³-hybridized carbons (Fsp3) is 0.625. The largest absolute Gasteiger partial charge is 0.478 e. The van der Waals surface area contributed by atoms with Gasteiger partial charge in [-0.15, -0.1) is 0 Å². The van der Waals surface area contributed by atoms with Gasteiger partial charge in [-0.25, -0.2) is 4.98 Å². The zero-order chi connectivity index (χ0) is 13.9. The van der Waals surface area contributed by atoms with Crippen molar-refractivity contribution in [2.45, 2.75) is 39.2 Å². The molecule has 1 aromatic heterocycles. The van der Waals surface area contributed by atoms with Gasteiger partial charge in [0.1, 0.15) is 0 Å². The molecule has 0 saturated heterocycles. The van der Waals surface area contributed by atoms with Crippen LogP contribution in [-0.4, -0.2) is 17.5 Å². The van der Waals surface area contributed by atoms with Crippen LogP contribution in [0.25, 0.3) is 0 Å². The topological polar surface area (TPSA) is 51.2 Å². The van der Waals surface area contributed by atoms with Gasteiger partial charge >= 0.3 is 0 Å². The Morgan fingerprint density at radius 2 is 2.35 bits per heavy atom. The maximum atomic E-state index is 12.3. The highest BCUT2D eigenvalue weighted by atomic mass is 16.5. The summed E-state index contributed by atoms with van der Waals surface area (Å²) >= 11 is 0. The molecule has 1 amide bonds. The fourth-order valence-corrected chi connectivity index (χ4v) is 3.70. The highest BCUT2D eigenvalue weighted by Crippen LogP contribution is 2.48. The number of ether oxygens (including phenoxy) is 1. The van der Waals surface area contributed by atoms with E-state index in [0.717, 1.165) is 17.9 Å². The smallest absolute Gasteiger partial charge is 0.223 e. The molecule has 3 unspecified atom stereocenters. The van der Waals surface area contributed by atoms with E-state index in [1.807, 2.05) is 19.1 Å². The molecule has 1 aromatic rings. The van der Waals surface area contributed by atoms with Crippen LogP contribution in [0.1, 0.15) is 38.2 Å². The van der Waals surface area contributed by atoms with Gasteiger partial charge in [-0.05, 0) is 44.1 Å². The minimum atomic E-state index is 0.212. The third-order valence-corrected chi connectivity index (χ3v) is 4.66. The maximum Gasteiger partial charge on any atom is 0.223 e. The summed E-state index contributed by atoms with van der Waals surface area (Å²) in [6.07, 6.45) is 6.62. The predicted molar refractivity (Wildman–Crippen MR) is 76.2 cm³/mol. The number of hydrogen-bond acceptors (Lipinski definition) is 3. The summed E-state index contributed by atoms with van der Waals surface area (Å²) in [4.78, 5) is 16.5. The molecule has 3 rings (SSSR count). The summed E-state index contributed by atoms with van der Waals surface area (Å²) in [6.45, 7) is 3.03. The van der Waals surface area contributed by atoms with Crippen molar-refractivity contribution in [2.24, 2.45) is 17.8 Å². The maximum absolute atomic E-state index is 12.3. The van der Waals surface area contributed by atoms with E-state index in [2.05, 4.69) is 10.3 Å². The van der Waals surface area contributed by atoms with Crippen molar-refractivity contribution in [1.29, 1.82) is 0 Å². The Hall–Kier alpha value is -1.58. The molecule has 2 saturated carbocycles. The summed E-state index contributed by atoms with van der Waals surface area (Å²) in [5.41, 5.74) is 0.950. The number of nitrogens with zero attached hydrogens (tertiary/aromatic N) is 1. The average Bonchev–Trinajstić information content (AvgIpc) is 3.09. The lowest BCUT2D eigenvalue weighted by Crippen LogP contribution is -2.33. The lowest BCUT2D eigenvalue weighted by Gasteiger charge is -2.21. The molecule has 2 aliphatic rings. The van der Waals surface area contributed by atoms with Crippen molar-refractivity contribution in [1.82, 2.24) is 10.3 Å². The van der Waals surface area contributed by atoms with Crippen molar-refractivity contribution in [3.63, 3.8) is 0 Å². The molecule has 0 aromatic carbocycles. The van der Waals surface area contributed by atoms with Crippen molar-refractivity contribution in [3.05, 3.63) is 23.9 Å². The quantitative estimate of drug-likeness (QED) is 0.897. The van der Waals surface area contributed by atoms with Gasteiger partial charge in [-0.3, -0.25) is 4.79 Å². The van der Waals surface area contributed by atoms with Crippen LogP contribution in [0.2, 0.25) is 0 Å². The Kier molecular flexibility index (Phi) is 3.90. The lowest BCUT2D eigenvalue weighted by molar-refractivity contribution is -0.126. The van der Waals surface area contributed by atoms with Crippen LogP contribution in [0.3, 0.4) is 0 Å². The molecule has 3 atom stereocenters. The number of fused-ring (bicyclic) bond motifs is 2. The molecule has 4 nitrogen and oxygen atoms in total. The molecule has 0 aliphatic heterocycles. The van der Waals surface area contributed by atoms with Gasteiger partial charge in [0, 0.05) is 24.2 Å². The summed E-state index contributed by atoms with van der Waals surface area (Å²) < 4.78 is 5.48. The van der Waals surface area contributed by atoms with Crippen LogP contribution in [0, 0.1) is 17.8 Å². The zero-order valence-electron chi connectivity index (χ0n) is 12.0. The molecule has 4 heteroatoms. The van der Waals surface area contributed by atoms with Crippen molar-refractivity contribution < 1.29 is 9.53 Å². The van der Waals surface area contributed by atoms with Gasteiger partial charge in [0.25, 0.3) is 0 Å². The Balaban J connectivity index is 1.58. The molecule has 2 bridgehead atoms. The first-order valence-electron chi connectivity index (χ1n) is 7.62. The van der Waals surface area contributed by atoms with Gasteiger partial charge in [0.2, 0.25) is 11.8 Å². The minimum Gasteiger partial charge on any atom is -0.478 e. The lowest BCUT2D eigenvalue weighted by atomic mass is 9.88. The van der Waals surface area contributed by atoms with Gasteiger partial charge < -0.3 is 10.1 Å². The summed E-state index contributed by atoms with van der Waals surface area (Å²) in [7, 11) is 0. The van der Waals surface area contributed by atoms with Crippen LogP contribution in [-0.2, 0) is 11.3 Å². The van der Waals surface area contributed by atoms with Gasteiger partial charge in [0.05, 0.1) is 6.61 Å². The number of carbonyl (C=O) groups is 1. The molecule has 2 aliphatic carbocycles. The Labute approximate surface area is 119 Å². The van der Waals surface area contributed by atoms with Crippen molar-refractivity contribution >= 4 is 5.91 Å². The van der Waals surface area contributed by atoms with E-state index in [1.165, 1.54) is 19.3 Å². The second-order valence-corrected chi connectivity index (χ2v) is 5.90. The number of aromatic nitrogens is 1. The van der Waals surface area contributed by atoms with Gasteiger partial charge in [-0.1, -0.05) is 12.5 Å². The van der Waals surface area contributed by atoms with Gasteiger partial charge in [-0.2, -0.15) is 0 Å².